The Labute approximate surface area is 171 Å². The number of para-hydroxylation sites is 1. The van der Waals surface area contributed by atoms with Crippen molar-refractivity contribution in [2.24, 2.45) is 14.1 Å². The fraction of sp³-hybridized carbons (Fsp3) is 0.524. The second kappa shape index (κ2) is 11.4. The number of hydrogen-bond acceptors (Lipinski definition) is 6. The largest absolute Gasteiger partial charge is 0.491 e. The third kappa shape index (κ3) is 6.47. The van der Waals surface area contributed by atoms with Crippen molar-refractivity contribution in [3.05, 3.63) is 56.7 Å². The Morgan fingerprint density at radius 2 is 1.83 bits per heavy atom. The number of ether oxygens (including phenoxy) is 1. The number of unbranched alkanes of at least 4 members (excludes halogenated alkanes) is 1. The number of rotatable bonds is 12. The number of hydrogen-bond donors (Lipinski definition) is 3. The monoisotopic (exact) mass is 404 g/mol. The smallest absolute Gasteiger partial charge is 0.332 e. The molecule has 0 saturated carbocycles. The van der Waals surface area contributed by atoms with Crippen molar-refractivity contribution >= 4 is 5.82 Å². The highest BCUT2D eigenvalue weighted by atomic mass is 16.5. The Bertz CT molecular complexity index is 877. The Hall–Kier alpha value is -2.58. The number of aliphatic hydroxyl groups excluding tert-OH is 1. The van der Waals surface area contributed by atoms with Crippen LogP contribution in [0.15, 0.2) is 39.9 Å². The summed E-state index contributed by atoms with van der Waals surface area (Å²) >= 11 is 0. The molecule has 1 aromatic heterocycles. The van der Waals surface area contributed by atoms with Crippen molar-refractivity contribution in [1.29, 1.82) is 0 Å². The quantitative estimate of drug-likeness (QED) is 0.454. The highest BCUT2D eigenvalue weighted by Crippen LogP contribution is 2.11. The van der Waals surface area contributed by atoms with Crippen LogP contribution in [0, 0.1) is 0 Å². The molecule has 8 nitrogen and oxygen atoms in total. The maximum Gasteiger partial charge on any atom is 0.332 e. The van der Waals surface area contributed by atoms with Crippen molar-refractivity contribution < 1.29 is 9.84 Å². The molecule has 1 atom stereocenters. The maximum atomic E-state index is 12.5. The number of aromatic nitrogens is 2. The number of benzene rings is 1. The Morgan fingerprint density at radius 3 is 2.52 bits per heavy atom. The first kappa shape index (κ1) is 22.7. The van der Waals surface area contributed by atoms with E-state index >= 15 is 0 Å². The minimum atomic E-state index is -0.635. The average Bonchev–Trinajstić information content (AvgIpc) is 2.74. The summed E-state index contributed by atoms with van der Waals surface area (Å²) in [4.78, 5) is 24.7. The summed E-state index contributed by atoms with van der Waals surface area (Å²) in [5.74, 6) is 1.29. The second-order valence-electron chi connectivity index (χ2n) is 7.05. The molecular formula is C21H32N4O4. The third-order valence-electron chi connectivity index (χ3n) is 4.70. The van der Waals surface area contributed by atoms with Crippen molar-refractivity contribution in [2.75, 3.05) is 31.6 Å². The highest BCUT2D eigenvalue weighted by Gasteiger charge is 2.14. The van der Waals surface area contributed by atoms with Crippen LogP contribution in [0.5, 0.6) is 5.75 Å². The predicted molar refractivity (Wildman–Crippen MR) is 115 cm³/mol. The van der Waals surface area contributed by atoms with Gasteiger partial charge in [-0.05, 0) is 25.0 Å². The van der Waals surface area contributed by atoms with E-state index in [4.69, 9.17) is 4.74 Å². The minimum Gasteiger partial charge on any atom is -0.491 e. The van der Waals surface area contributed by atoms with Gasteiger partial charge < -0.3 is 20.5 Å². The topological polar surface area (TPSA) is 97.5 Å². The summed E-state index contributed by atoms with van der Waals surface area (Å²) in [5, 5.41) is 16.4. The van der Waals surface area contributed by atoms with E-state index in [1.807, 2.05) is 30.3 Å². The normalized spacial score (nSPS) is 12.0. The molecule has 2 aromatic rings. The number of nitrogens with zero attached hydrogens (tertiary/aromatic N) is 2. The van der Waals surface area contributed by atoms with Crippen molar-refractivity contribution in [3.8, 4) is 5.75 Å². The fourth-order valence-corrected chi connectivity index (χ4v) is 3.02. The van der Waals surface area contributed by atoms with Gasteiger partial charge in [0, 0.05) is 33.7 Å². The molecule has 160 valence electrons. The lowest BCUT2D eigenvalue weighted by Gasteiger charge is -2.17. The molecular weight excluding hydrogens is 372 g/mol. The molecule has 8 heteroatoms. The third-order valence-corrected chi connectivity index (χ3v) is 4.70. The molecule has 0 spiro atoms. The molecule has 0 aliphatic carbocycles. The number of anilines is 1. The van der Waals surface area contributed by atoms with Gasteiger partial charge in [-0.1, -0.05) is 31.5 Å². The van der Waals surface area contributed by atoms with E-state index in [2.05, 4.69) is 17.6 Å². The summed E-state index contributed by atoms with van der Waals surface area (Å²) < 4.78 is 8.15. The zero-order valence-electron chi connectivity index (χ0n) is 17.5. The van der Waals surface area contributed by atoms with E-state index in [-0.39, 0.29) is 17.9 Å². The van der Waals surface area contributed by atoms with Gasteiger partial charge in [0.2, 0.25) is 0 Å². The van der Waals surface area contributed by atoms with Gasteiger partial charge in [-0.3, -0.25) is 13.9 Å². The summed E-state index contributed by atoms with van der Waals surface area (Å²) in [7, 11) is 3.17. The number of aliphatic hydroxyl groups is 1. The first-order chi connectivity index (χ1) is 14.0. The van der Waals surface area contributed by atoms with Gasteiger partial charge in [0.05, 0.1) is 5.56 Å². The van der Waals surface area contributed by atoms with Crippen LogP contribution in [0.2, 0.25) is 0 Å². The Morgan fingerprint density at radius 1 is 1.10 bits per heavy atom. The van der Waals surface area contributed by atoms with Gasteiger partial charge in [0.15, 0.2) is 0 Å². The van der Waals surface area contributed by atoms with Gasteiger partial charge in [0.25, 0.3) is 5.56 Å². The van der Waals surface area contributed by atoms with Crippen LogP contribution in [0.25, 0.3) is 0 Å². The zero-order chi connectivity index (χ0) is 21.2. The lowest BCUT2D eigenvalue weighted by Crippen LogP contribution is -2.41. The van der Waals surface area contributed by atoms with Gasteiger partial charge in [-0.2, -0.15) is 0 Å². The molecule has 0 radical (unpaired) electrons. The van der Waals surface area contributed by atoms with Crippen molar-refractivity contribution in [1.82, 2.24) is 14.5 Å². The van der Waals surface area contributed by atoms with Crippen LogP contribution >= 0.6 is 0 Å². The molecule has 0 saturated heterocycles. The lowest BCUT2D eigenvalue weighted by atomic mass is 10.1. The lowest BCUT2D eigenvalue weighted by molar-refractivity contribution is 0.107. The molecule has 1 unspecified atom stereocenters. The molecule has 1 aromatic carbocycles. The van der Waals surface area contributed by atoms with E-state index < -0.39 is 6.10 Å². The van der Waals surface area contributed by atoms with Gasteiger partial charge >= 0.3 is 5.69 Å². The minimum absolute atomic E-state index is 0.203. The summed E-state index contributed by atoms with van der Waals surface area (Å²) in [6.07, 6.45) is 1.84. The van der Waals surface area contributed by atoms with Crippen LogP contribution in [-0.4, -0.2) is 46.6 Å². The Balaban J connectivity index is 1.83. The molecule has 3 N–H and O–H groups in total. The molecule has 0 aliphatic rings. The molecule has 0 bridgehead atoms. The van der Waals surface area contributed by atoms with Gasteiger partial charge in [-0.15, -0.1) is 0 Å². The maximum absolute atomic E-state index is 12.5. The fourth-order valence-electron chi connectivity index (χ4n) is 3.02. The number of nitrogens with one attached hydrogen (secondary N) is 2. The standard InChI is InChI=1S/C21H32N4O4/c1-4-5-11-18-19(24(2)21(28)25(3)20(18)27)23-13-12-22-14-16(26)15-29-17-9-7-6-8-10-17/h6-10,16,22-23,26H,4-5,11-15H2,1-3H3. The SMILES string of the molecule is CCCCc1c(NCCNCC(O)COc2ccccc2)n(C)c(=O)n(C)c1=O. The molecule has 0 aliphatic heterocycles. The van der Waals surface area contributed by atoms with E-state index in [0.29, 0.717) is 37.4 Å². The molecule has 29 heavy (non-hydrogen) atoms. The van der Waals surface area contributed by atoms with Crippen molar-refractivity contribution in [2.45, 2.75) is 32.3 Å². The summed E-state index contributed by atoms with van der Waals surface area (Å²) in [5.41, 5.74) is 0.0393. The van der Waals surface area contributed by atoms with E-state index in [1.54, 1.807) is 7.05 Å². The molecule has 0 amide bonds. The first-order valence-electron chi connectivity index (χ1n) is 10.0. The Kier molecular flexibility index (Phi) is 8.95. The van der Waals surface area contributed by atoms with Crippen LogP contribution in [-0.2, 0) is 20.5 Å². The van der Waals surface area contributed by atoms with Crippen LogP contribution in [0.4, 0.5) is 5.82 Å². The van der Waals surface area contributed by atoms with Crippen LogP contribution < -0.4 is 26.6 Å². The van der Waals surface area contributed by atoms with E-state index in [0.717, 1.165) is 23.2 Å². The van der Waals surface area contributed by atoms with Crippen LogP contribution in [0.3, 0.4) is 0 Å². The van der Waals surface area contributed by atoms with Gasteiger partial charge in [-0.25, -0.2) is 4.79 Å². The predicted octanol–water partition coefficient (Wildman–Crippen LogP) is 0.868. The molecule has 1 heterocycles. The summed E-state index contributed by atoms with van der Waals surface area (Å²) in [6.45, 7) is 3.74. The first-order valence-corrected chi connectivity index (χ1v) is 10.0. The van der Waals surface area contributed by atoms with E-state index in [9.17, 15) is 14.7 Å². The highest BCUT2D eigenvalue weighted by molar-refractivity contribution is 5.44. The summed E-state index contributed by atoms with van der Waals surface area (Å²) in [6, 6.07) is 9.35. The van der Waals surface area contributed by atoms with Crippen molar-refractivity contribution in [3.63, 3.8) is 0 Å². The second-order valence-corrected chi connectivity index (χ2v) is 7.05. The van der Waals surface area contributed by atoms with E-state index in [1.165, 1.54) is 11.6 Å². The molecule has 2 rings (SSSR count). The zero-order valence-corrected chi connectivity index (χ0v) is 17.5. The molecule has 0 fully saturated rings. The van der Waals surface area contributed by atoms with Crippen LogP contribution in [0.1, 0.15) is 25.3 Å². The average molecular weight is 405 g/mol. The van der Waals surface area contributed by atoms with Gasteiger partial charge in [0.1, 0.15) is 24.3 Å².